The largest absolute Gasteiger partial charge is 0.366 e. The molecule has 1 aliphatic heterocycles. The second kappa shape index (κ2) is 5.63. The normalized spacial score (nSPS) is 22.0. The number of hydrogen-bond acceptors (Lipinski definition) is 3. The zero-order valence-corrected chi connectivity index (χ0v) is 11.9. The van der Waals surface area contributed by atoms with Gasteiger partial charge in [0.05, 0.1) is 11.6 Å². The Kier molecular flexibility index (Phi) is 4.11. The quantitative estimate of drug-likeness (QED) is 0.906. The Hall–Kier alpha value is -1.53. The minimum absolute atomic E-state index is 0.131. The van der Waals surface area contributed by atoms with Crippen molar-refractivity contribution in [2.45, 2.75) is 38.6 Å². The highest BCUT2D eigenvalue weighted by atomic mass is 15.2. The number of nitrogens with two attached hydrogens (primary N) is 1. The van der Waals surface area contributed by atoms with Crippen LogP contribution in [0.4, 0.5) is 5.69 Å². The first-order chi connectivity index (χ1) is 9.06. The van der Waals surface area contributed by atoms with E-state index in [0.29, 0.717) is 0 Å². The molecule has 2 rings (SSSR count). The molecular weight excluding hydrogens is 234 g/mol. The fraction of sp³-hybridized carbons (Fsp3) is 0.562. The molecule has 0 spiro atoms. The number of anilines is 1. The van der Waals surface area contributed by atoms with E-state index in [0.717, 1.165) is 36.7 Å². The molecule has 1 heterocycles. The summed E-state index contributed by atoms with van der Waals surface area (Å²) in [5, 5.41) is 9.02. The van der Waals surface area contributed by atoms with E-state index in [2.05, 4.69) is 30.9 Å². The molecule has 19 heavy (non-hydrogen) atoms. The molecule has 1 saturated heterocycles. The Morgan fingerprint density at radius 2 is 2.26 bits per heavy atom. The molecular formula is C16H23N3. The molecule has 1 aromatic carbocycles. The van der Waals surface area contributed by atoms with Gasteiger partial charge in [0.15, 0.2) is 0 Å². The van der Waals surface area contributed by atoms with E-state index in [4.69, 9.17) is 11.0 Å². The van der Waals surface area contributed by atoms with Crippen molar-refractivity contribution in [2.75, 3.05) is 18.0 Å². The van der Waals surface area contributed by atoms with Crippen molar-refractivity contribution in [1.82, 2.24) is 0 Å². The average molecular weight is 257 g/mol. The first kappa shape index (κ1) is 13.9. The third-order valence-corrected chi connectivity index (χ3v) is 4.14. The predicted octanol–water partition coefficient (Wildman–Crippen LogP) is 2.90. The number of rotatable bonds is 3. The molecule has 3 heteroatoms. The van der Waals surface area contributed by atoms with Crippen LogP contribution in [0.15, 0.2) is 24.3 Å². The van der Waals surface area contributed by atoms with Gasteiger partial charge in [-0.2, -0.15) is 5.26 Å². The van der Waals surface area contributed by atoms with Crippen LogP contribution in [0, 0.1) is 17.2 Å². The topological polar surface area (TPSA) is 53.0 Å². The van der Waals surface area contributed by atoms with Crippen molar-refractivity contribution >= 4 is 5.69 Å². The SMILES string of the molecule is CC1(C)CC(CCN)CCN1c1cccc(C#N)c1. The van der Waals surface area contributed by atoms with Crippen molar-refractivity contribution < 1.29 is 0 Å². The molecule has 102 valence electrons. The summed E-state index contributed by atoms with van der Waals surface area (Å²) in [5.74, 6) is 0.732. The molecule has 0 aromatic heterocycles. The zero-order valence-electron chi connectivity index (χ0n) is 11.9. The van der Waals surface area contributed by atoms with Crippen LogP contribution in [-0.4, -0.2) is 18.6 Å². The van der Waals surface area contributed by atoms with Crippen LogP contribution < -0.4 is 10.6 Å². The van der Waals surface area contributed by atoms with Gasteiger partial charge < -0.3 is 10.6 Å². The summed E-state index contributed by atoms with van der Waals surface area (Å²) in [6.07, 6.45) is 3.48. The molecule has 0 amide bonds. The molecule has 1 unspecified atom stereocenters. The Bertz CT molecular complexity index is 473. The smallest absolute Gasteiger partial charge is 0.0992 e. The van der Waals surface area contributed by atoms with Crippen molar-refractivity contribution in [1.29, 1.82) is 5.26 Å². The van der Waals surface area contributed by atoms with Gasteiger partial charge in [0.25, 0.3) is 0 Å². The van der Waals surface area contributed by atoms with E-state index >= 15 is 0 Å². The van der Waals surface area contributed by atoms with Gasteiger partial charge in [0.2, 0.25) is 0 Å². The van der Waals surface area contributed by atoms with E-state index < -0.39 is 0 Å². The van der Waals surface area contributed by atoms with Crippen molar-refractivity contribution in [3.63, 3.8) is 0 Å². The lowest BCUT2D eigenvalue weighted by molar-refractivity contribution is 0.264. The molecule has 0 radical (unpaired) electrons. The molecule has 1 fully saturated rings. The van der Waals surface area contributed by atoms with Crippen LogP contribution in [0.3, 0.4) is 0 Å². The Morgan fingerprint density at radius 3 is 2.89 bits per heavy atom. The van der Waals surface area contributed by atoms with E-state index in [-0.39, 0.29) is 5.54 Å². The molecule has 3 nitrogen and oxygen atoms in total. The molecule has 0 aliphatic carbocycles. The third kappa shape index (κ3) is 3.08. The second-order valence-corrected chi connectivity index (χ2v) is 6.06. The van der Waals surface area contributed by atoms with E-state index in [1.807, 2.05) is 18.2 Å². The van der Waals surface area contributed by atoms with Crippen LogP contribution in [0.25, 0.3) is 0 Å². The number of hydrogen-bond donors (Lipinski definition) is 1. The van der Waals surface area contributed by atoms with Crippen molar-refractivity contribution in [3.8, 4) is 6.07 Å². The molecule has 1 aliphatic rings. The Balaban J connectivity index is 2.19. The minimum atomic E-state index is 0.131. The first-order valence-electron chi connectivity index (χ1n) is 7.04. The molecule has 0 saturated carbocycles. The fourth-order valence-corrected chi connectivity index (χ4v) is 3.24. The third-order valence-electron chi connectivity index (χ3n) is 4.14. The van der Waals surface area contributed by atoms with Gasteiger partial charge in [-0.3, -0.25) is 0 Å². The van der Waals surface area contributed by atoms with E-state index in [1.165, 1.54) is 12.8 Å². The maximum atomic E-state index is 9.02. The van der Waals surface area contributed by atoms with Gasteiger partial charge >= 0.3 is 0 Å². The second-order valence-electron chi connectivity index (χ2n) is 6.06. The number of nitriles is 1. The molecule has 1 aromatic rings. The maximum Gasteiger partial charge on any atom is 0.0992 e. The van der Waals surface area contributed by atoms with Gasteiger partial charge in [-0.05, 0) is 63.8 Å². The molecule has 1 atom stereocenters. The highest BCUT2D eigenvalue weighted by Crippen LogP contribution is 2.36. The minimum Gasteiger partial charge on any atom is -0.366 e. The predicted molar refractivity (Wildman–Crippen MR) is 79.0 cm³/mol. The first-order valence-corrected chi connectivity index (χ1v) is 7.04. The number of piperidine rings is 1. The summed E-state index contributed by atoms with van der Waals surface area (Å²) in [4.78, 5) is 2.43. The van der Waals surface area contributed by atoms with Gasteiger partial charge in [-0.25, -0.2) is 0 Å². The van der Waals surface area contributed by atoms with Gasteiger partial charge in [0, 0.05) is 17.8 Å². The molecule has 2 N–H and O–H groups in total. The van der Waals surface area contributed by atoms with Crippen LogP contribution in [0.1, 0.15) is 38.7 Å². The highest BCUT2D eigenvalue weighted by molar-refractivity contribution is 5.53. The summed E-state index contributed by atoms with van der Waals surface area (Å²) in [7, 11) is 0. The fourth-order valence-electron chi connectivity index (χ4n) is 3.24. The van der Waals surface area contributed by atoms with Gasteiger partial charge in [-0.1, -0.05) is 6.07 Å². The molecule has 0 bridgehead atoms. The summed E-state index contributed by atoms with van der Waals surface area (Å²) in [5.41, 5.74) is 7.71. The van der Waals surface area contributed by atoms with Crippen LogP contribution in [0.5, 0.6) is 0 Å². The Morgan fingerprint density at radius 1 is 1.47 bits per heavy atom. The Labute approximate surface area is 116 Å². The average Bonchev–Trinajstić information content (AvgIpc) is 2.38. The number of nitrogens with zero attached hydrogens (tertiary/aromatic N) is 2. The van der Waals surface area contributed by atoms with E-state index in [9.17, 15) is 0 Å². The standard InChI is InChI=1S/C16H23N3/c1-16(2)11-13(6-8-17)7-9-19(16)15-5-3-4-14(10-15)12-18/h3-5,10,13H,6-9,11,17H2,1-2H3. The van der Waals surface area contributed by atoms with Crippen LogP contribution in [0.2, 0.25) is 0 Å². The van der Waals surface area contributed by atoms with Crippen molar-refractivity contribution in [2.24, 2.45) is 11.7 Å². The summed E-state index contributed by atoms with van der Waals surface area (Å²) >= 11 is 0. The summed E-state index contributed by atoms with van der Waals surface area (Å²) < 4.78 is 0. The van der Waals surface area contributed by atoms with Gasteiger partial charge in [-0.15, -0.1) is 0 Å². The number of benzene rings is 1. The monoisotopic (exact) mass is 257 g/mol. The zero-order chi connectivity index (χ0) is 13.9. The summed E-state index contributed by atoms with van der Waals surface area (Å²) in [6.45, 7) is 6.40. The van der Waals surface area contributed by atoms with Crippen LogP contribution in [-0.2, 0) is 0 Å². The van der Waals surface area contributed by atoms with Gasteiger partial charge in [0.1, 0.15) is 0 Å². The van der Waals surface area contributed by atoms with Crippen LogP contribution >= 0.6 is 0 Å². The van der Waals surface area contributed by atoms with E-state index in [1.54, 1.807) is 0 Å². The lowest BCUT2D eigenvalue weighted by Crippen LogP contribution is -2.50. The highest BCUT2D eigenvalue weighted by Gasteiger charge is 2.34. The van der Waals surface area contributed by atoms with Crippen molar-refractivity contribution in [3.05, 3.63) is 29.8 Å². The lowest BCUT2D eigenvalue weighted by atomic mass is 9.80. The lowest BCUT2D eigenvalue weighted by Gasteiger charge is -2.47. The maximum absolute atomic E-state index is 9.02. The summed E-state index contributed by atoms with van der Waals surface area (Å²) in [6, 6.07) is 10.1.